The number of hydrazone groups is 1. The maximum atomic E-state index is 11.9. The summed E-state index contributed by atoms with van der Waals surface area (Å²) in [6.07, 6.45) is 0. The van der Waals surface area contributed by atoms with Gasteiger partial charge in [-0.15, -0.1) is 0 Å². The summed E-state index contributed by atoms with van der Waals surface area (Å²) < 4.78 is 0. The van der Waals surface area contributed by atoms with Crippen molar-refractivity contribution in [3.8, 4) is 0 Å². The van der Waals surface area contributed by atoms with Gasteiger partial charge in [0.25, 0.3) is 0 Å². The Hall–Kier alpha value is -2.01. The Bertz CT molecular complexity index is 708. The predicted molar refractivity (Wildman–Crippen MR) is 94.6 cm³/mol. The largest absolute Gasteiger partial charge is 0.351 e. The summed E-state index contributed by atoms with van der Waals surface area (Å²) in [4.78, 5) is 13.9. The quantitative estimate of drug-likeness (QED) is 0.537. The standard InChI is InChI=1S/C17H19N3OS/c1-13(21)17(20-8-10-22-11-9-20)19-18-16-7-6-14-4-2-3-5-15(14)12-16/h2-7,12,18H,8-11H2,1H3. The van der Waals surface area contributed by atoms with Crippen LogP contribution in [0, 0.1) is 0 Å². The Morgan fingerprint density at radius 1 is 1.14 bits per heavy atom. The van der Waals surface area contributed by atoms with Gasteiger partial charge in [-0.3, -0.25) is 10.2 Å². The highest BCUT2D eigenvalue weighted by Gasteiger charge is 2.18. The molecular weight excluding hydrogens is 294 g/mol. The number of carbonyl (C=O) groups is 1. The number of anilines is 1. The molecule has 1 N–H and O–H groups in total. The first-order valence-electron chi connectivity index (χ1n) is 7.40. The van der Waals surface area contributed by atoms with Gasteiger partial charge < -0.3 is 4.90 Å². The second-order valence-corrected chi connectivity index (χ2v) is 6.49. The van der Waals surface area contributed by atoms with Crippen molar-refractivity contribution in [2.24, 2.45) is 5.10 Å². The maximum absolute atomic E-state index is 11.9. The van der Waals surface area contributed by atoms with Crippen LogP contribution in [0.4, 0.5) is 5.69 Å². The number of amidine groups is 1. The van der Waals surface area contributed by atoms with Crippen molar-refractivity contribution in [3.63, 3.8) is 0 Å². The fourth-order valence-corrected chi connectivity index (χ4v) is 3.43. The number of thioether (sulfide) groups is 1. The number of carbonyl (C=O) groups excluding carboxylic acids is 1. The SMILES string of the molecule is CC(=O)C(=NNc1ccc2ccccc2c1)N1CCSCC1. The highest BCUT2D eigenvalue weighted by atomic mass is 32.2. The van der Waals surface area contributed by atoms with Crippen LogP contribution >= 0.6 is 11.8 Å². The topological polar surface area (TPSA) is 44.7 Å². The fourth-order valence-electron chi connectivity index (χ4n) is 2.52. The molecule has 0 bridgehead atoms. The lowest BCUT2D eigenvalue weighted by Crippen LogP contribution is -2.41. The van der Waals surface area contributed by atoms with Gasteiger partial charge in [-0.05, 0) is 22.9 Å². The molecule has 0 spiro atoms. The average molecular weight is 313 g/mol. The zero-order valence-electron chi connectivity index (χ0n) is 12.6. The number of nitrogens with one attached hydrogen (secondary N) is 1. The van der Waals surface area contributed by atoms with E-state index in [1.807, 2.05) is 36.0 Å². The molecule has 0 radical (unpaired) electrons. The van der Waals surface area contributed by atoms with Crippen LogP contribution < -0.4 is 5.43 Å². The first-order valence-corrected chi connectivity index (χ1v) is 8.55. The minimum Gasteiger partial charge on any atom is -0.351 e. The number of hydrogen-bond acceptors (Lipinski definition) is 4. The summed E-state index contributed by atoms with van der Waals surface area (Å²) in [5, 5.41) is 6.70. The van der Waals surface area contributed by atoms with E-state index in [1.54, 1.807) is 6.92 Å². The Morgan fingerprint density at radius 2 is 1.86 bits per heavy atom. The van der Waals surface area contributed by atoms with Gasteiger partial charge in [0.15, 0.2) is 11.6 Å². The molecule has 1 aliphatic heterocycles. The molecule has 0 saturated carbocycles. The first kappa shape index (κ1) is 14.9. The van der Waals surface area contributed by atoms with E-state index >= 15 is 0 Å². The lowest BCUT2D eigenvalue weighted by molar-refractivity contribution is -0.111. The van der Waals surface area contributed by atoms with E-state index in [-0.39, 0.29) is 5.78 Å². The molecule has 2 aromatic rings. The molecule has 2 aromatic carbocycles. The molecule has 22 heavy (non-hydrogen) atoms. The summed E-state index contributed by atoms with van der Waals surface area (Å²) in [7, 11) is 0. The number of rotatable bonds is 3. The Balaban J connectivity index is 1.80. The van der Waals surface area contributed by atoms with Crippen molar-refractivity contribution in [1.29, 1.82) is 0 Å². The van der Waals surface area contributed by atoms with Crippen molar-refractivity contribution in [2.75, 3.05) is 30.0 Å². The molecule has 0 atom stereocenters. The second-order valence-electron chi connectivity index (χ2n) is 5.26. The molecule has 0 aromatic heterocycles. The summed E-state index contributed by atoms with van der Waals surface area (Å²) in [6.45, 7) is 3.33. The van der Waals surface area contributed by atoms with Crippen LogP contribution in [0.2, 0.25) is 0 Å². The Kier molecular flexibility index (Phi) is 4.63. The number of hydrogen-bond donors (Lipinski definition) is 1. The van der Waals surface area contributed by atoms with Gasteiger partial charge in [-0.25, -0.2) is 0 Å². The third kappa shape index (κ3) is 3.42. The predicted octanol–water partition coefficient (Wildman–Crippen LogP) is 3.20. The van der Waals surface area contributed by atoms with Crippen LogP contribution in [0.25, 0.3) is 10.8 Å². The molecule has 5 heteroatoms. The molecule has 3 rings (SSSR count). The molecule has 114 valence electrons. The summed E-state index contributed by atoms with van der Waals surface area (Å²) >= 11 is 1.92. The highest BCUT2D eigenvalue weighted by molar-refractivity contribution is 7.99. The molecule has 0 aliphatic carbocycles. The zero-order chi connectivity index (χ0) is 15.4. The molecule has 1 fully saturated rings. The van der Waals surface area contributed by atoms with Gasteiger partial charge in [0.05, 0.1) is 5.69 Å². The third-order valence-corrected chi connectivity index (χ3v) is 4.61. The van der Waals surface area contributed by atoms with E-state index in [0.717, 1.165) is 35.7 Å². The molecule has 4 nitrogen and oxygen atoms in total. The van der Waals surface area contributed by atoms with Gasteiger partial charge in [-0.2, -0.15) is 16.9 Å². The zero-order valence-corrected chi connectivity index (χ0v) is 13.4. The molecule has 0 amide bonds. The Morgan fingerprint density at radius 3 is 2.59 bits per heavy atom. The minimum atomic E-state index is 0.000175. The smallest absolute Gasteiger partial charge is 0.196 e. The van der Waals surface area contributed by atoms with E-state index in [4.69, 9.17) is 0 Å². The number of Topliss-reactive ketones (excluding diaryl/α,β-unsaturated/α-hetero) is 1. The molecular formula is C17H19N3OS. The van der Waals surface area contributed by atoms with Crippen molar-refractivity contribution in [2.45, 2.75) is 6.92 Å². The number of benzene rings is 2. The van der Waals surface area contributed by atoms with Crippen LogP contribution in [0.5, 0.6) is 0 Å². The van der Waals surface area contributed by atoms with Crippen LogP contribution in [-0.4, -0.2) is 41.1 Å². The van der Waals surface area contributed by atoms with E-state index < -0.39 is 0 Å². The lowest BCUT2D eigenvalue weighted by atomic mass is 10.1. The molecule has 1 aliphatic rings. The van der Waals surface area contributed by atoms with Gasteiger partial charge in [-0.1, -0.05) is 30.3 Å². The summed E-state index contributed by atoms with van der Waals surface area (Å²) in [5.74, 6) is 2.61. The van der Waals surface area contributed by atoms with E-state index in [0.29, 0.717) is 5.84 Å². The van der Waals surface area contributed by atoms with Crippen LogP contribution in [0.15, 0.2) is 47.6 Å². The van der Waals surface area contributed by atoms with Crippen LogP contribution in [-0.2, 0) is 4.79 Å². The monoisotopic (exact) mass is 313 g/mol. The van der Waals surface area contributed by atoms with E-state index in [2.05, 4.69) is 33.6 Å². The summed E-state index contributed by atoms with van der Waals surface area (Å²) in [6, 6.07) is 14.3. The van der Waals surface area contributed by atoms with Gasteiger partial charge in [0, 0.05) is 31.5 Å². The maximum Gasteiger partial charge on any atom is 0.196 e. The van der Waals surface area contributed by atoms with Crippen LogP contribution in [0.3, 0.4) is 0 Å². The van der Waals surface area contributed by atoms with E-state index in [9.17, 15) is 4.79 Å². The van der Waals surface area contributed by atoms with Gasteiger partial charge in [0.1, 0.15) is 0 Å². The number of nitrogens with zero attached hydrogens (tertiary/aromatic N) is 2. The fraction of sp³-hybridized carbons (Fsp3) is 0.294. The summed E-state index contributed by atoms with van der Waals surface area (Å²) in [5.41, 5.74) is 3.93. The van der Waals surface area contributed by atoms with Gasteiger partial charge >= 0.3 is 0 Å². The molecule has 1 saturated heterocycles. The normalized spacial score (nSPS) is 15.9. The van der Waals surface area contributed by atoms with Gasteiger partial charge in [0.2, 0.25) is 0 Å². The number of ketones is 1. The van der Waals surface area contributed by atoms with Crippen LogP contribution in [0.1, 0.15) is 6.92 Å². The third-order valence-electron chi connectivity index (χ3n) is 3.67. The molecule has 1 heterocycles. The lowest BCUT2D eigenvalue weighted by Gasteiger charge is -2.28. The second kappa shape index (κ2) is 6.83. The molecule has 0 unspecified atom stereocenters. The van der Waals surface area contributed by atoms with Crippen molar-refractivity contribution >= 4 is 39.8 Å². The minimum absolute atomic E-state index is 0.000175. The first-order chi connectivity index (χ1) is 10.7. The van der Waals surface area contributed by atoms with Crippen molar-refractivity contribution in [1.82, 2.24) is 4.90 Å². The highest BCUT2D eigenvalue weighted by Crippen LogP contribution is 2.19. The van der Waals surface area contributed by atoms with Crippen molar-refractivity contribution < 1.29 is 4.79 Å². The van der Waals surface area contributed by atoms with E-state index in [1.165, 1.54) is 5.39 Å². The average Bonchev–Trinajstić information content (AvgIpc) is 2.55. The number of fused-ring (bicyclic) bond motifs is 1. The van der Waals surface area contributed by atoms with Crippen molar-refractivity contribution in [3.05, 3.63) is 42.5 Å². The Labute approximate surface area is 134 Å².